The molecular formula is C3H8Cl2FeO. The van der Waals surface area contributed by atoms with Crippen LogP contribution in [0.25, 0.3) is 0 Å². The van der Waals surface area contributed by atoms with Crippen molar-refractivity contribution in [2.75, 3.05) is 0 Å². The van der Waals surface area contributed by atoms with Crippen molar-refractivity contribution in [1.29, 1.82) is 0 Å². The van der Waals surface area contributed by atoms with Crippen molar-refractivity contribution in [3.8, 4) is 0 Å². The number of aliphatic hydroxyl groups excluding tert-OH is 1. The molecule has 0 aromatic heterocycles. The maximum atomic E-state index is 8.06. The summed E-state index contributed by atoms with van der Waals surface area (Å²) in [6, 6.07) is 0. The Morgan fingerprint density at radius 2 is 1.14 bits per heavy atom. The van der Waals surface area contributed by atoms with Gasteiger partial charge in [-0.25, -0.2) is 0 Å². The molecule has 0 rings (SSSR count). The van der Waals surface area contributed by atoms with Gasteiger partial charge in [-0.1, -0.05) is 0 Å². The standard InChI is InChI=1S/C3H8O.2ClH.Fe/c1-3(2)4;;;/h3-4H,1-2H3;2*1H;/q;;;+2/p-2. The maximum Gasteiger partial charge on any atom is 2.00 e. The molecule has 0 saturated heterocycles. The normalized spacial score (nSPS) is 5.14. The molecule has 7 heavy (non-hydrogen) atoms. The van der Waals surface area contributed by atoms with Gasteiger partial charge in [0.25, 0.3) is 0 Å². The van der Waals surface area contributed by atoms with E-state index in [1.54, 1.807) is 13.8 Å². The van der Waals surface area contributed by atoms with Crippen molar-refractivity contribution in [1.82, 2.24) is 0 Å². The minimum absolute atomic E-state index is 0. The molecule has 48 valence electrons. The first-order valence-electron chi connectivity index (χ1n) is 1.41. The van der Waals surface area contributed by atoms with E-state index in [1.807, 2.05) is 0 Å². The Bertz CT molecular complexity index is 17.7. The van der Waals surface area contributed by atoms with Gasteiger partial charge in [-0.15, -0.1) is 0 Å². The fraction of sp³-hybridized carbons (Fsp3) is 1.00. The molecule has 0 heterocycles. The van der Waals surface area contributed by atoms with Gasteiger partial charge >= 0.3 is 17.1 Å². The zero-order valence-corrected chi connectivity index (χ0v) is 6.75. The van der Waals surface area contributed by atoms with E-state index in [1.165, 1.54) is 0 Å². The van der Waals surface area contributed by atoms with Crippen LogP contribution in [0.15, 0.2) is 0 Å². The van der Waals surface area contributed by atoms with Crippen molar-refractivity contribution >= 4 is 0 Å². The predicted molar refractivity (Wildman–Crippen MR) is 17.4 cm³/mol. The Morgan fingerprint density at radius 1 is 1.14 bits per heavy atom. The van der Waals surface area contributed by atoms with Crippen LogP contribution in [0.3, 0.4) is 0 Å². The average Bonchev–Trinajstić information content (AvgIpc) is 0.811. The van der Waals surface area contributed by atoms with Crippen molar-refractivity contribution in [2.45, 2.75) is 20.0 Å². The van der Waals surface area contributed by atoms with Gasteiger partial charge in [0.1, 0.15) is 0 Å². The minimum Gasteiger partial charge on any atom is -1.00 e. The average molecular weight is 187 g/mol. The molecule has 0 aromatic rings. The zero-order valence-electron chi connectivity index (χ0n) is 4.13. The summed E-state index contributed by atoms with van der Waals surface area (Å²) in [7, 11) is 0. The molecule has 0 aromatic carbocycles. The van der Waals surface area contributed by atoms with Gasteiger partial charge in [0.15, 0.2) is 0 Å². The largest absolute Gasteiger partial charge is 2.00 e. The zero-order chi connectivity index (χ0) is 3.58. The summed E-state index contributed by atoms with van der Waals surface area (Å²) in [5.41, 5.74) is 0. The van der Waals surface area contributed by atoms with Crippen LogP contribution in [0, 0.1) is 0 Å². The summed E-state index contributed by atoms with van der Waals surface area (Å²) in [6.45, 7) is 3.44. The molecular weight excluding hydrogens is 179 g/mol. The number of aliphatic hydroxyl groups is 1. The first kappa shape index (κ1) is 24.4. The van der Waals surface area contributed by atoms with Crippen LogP contribution in [-0.4, -0.2) is 11.2 Å². The van der Waals surface area contributed by atoms with E-state index in [0.717, 1.165) is 0 Å². The number of halogens is 2. The second kappa shape index (κ2) is 15.7. The first-order valence-corrected chi connectivity index (χ1v) is 1.41. The molecule has 1 nitrogen and oxygen atoms in total. The Hall–Kier alpha value is 1.06. The van der Waals surface area contributed by atoms with E-state index in [-0.39, 0.29) is 48.0 Å². The molecule has 0 aliphatic heterocycles. The maximum absolute atomic E-state index is 8.06. The van der Waals surface area contributed by atoms with Crippen molar-refractivity contribution in [3.05, 3.63) is 0 Å². The third-order valence-electron chi connectivity index (χ3n) is 0. The smallest absolute Gasteiger partial charge is 1.00 e. The third kappa shape index (κ3) is 161. The fourth-order valence-electron chi connectivity index (χ4n) is 0. The summed E-state index contributed by atoms with van der Waals surface area (Å²) in [5.74, 6) is 0. The second-order valence-electron chi connectivity index (χ2n) is 1.09. The van der Waals surface area contributed by atoms with Gasteiger partial charge in [-0.2, -0.15) is 0 Å². The summed E-state index contributed by atoms with van der Waals surface area (Å²) >= 11 is 0. The molecule has 1 N–H and O–H groups in total. The second-order valence-corrected chi connectivity index (χ2v) is 1.09. The van der Waals surface area contributed by atoms with E-state index in [4.69, 9.17) is 5.11 Å². The van der Waals surface area contributed by atoms with E-state index < -0.39 is 0 Å². The van der Waals surface area contributed by atoms with E-state index >= 15 is 0 Å². The van der Waals surface area contributed by atoms with Crippen LogP contribution in [0.2, 0.25) is 0 Å². The van der Waals surface area contributed by atoms with E-state index in [0.29, 0.717) is 0 Å². The Labute approximate surface area is 67.2 Å². The van der Waals surface area contributed by atoms with Crippen molar-refractivity contribution in [2.24, 2.45) is 0 Å². The summed E-state index contributed by atoms with van der Waals surface area (Å²) in [5, 5.41) is 8.06. The van der Waals surface area contributed by atoms with E-state index in [9.17, 15) is 0 Å². The third-order valence-corrected chi connectivity index (χ3v) is 0. The van der Waals surface area contributed by atoms with Crippen LogP contribution in [-0.2, 0) is 17.1 Å². The molecule has 0 atom stereocenters. The van der Waals surface area contributed by atoms with Gasteiger partial charge in [0.2, 0.25) is 0 Å². The summed E-state index contributed by atoms with van der Waals surface area (Å²) in [6.07, 6.45) is -0.167. The summed E-state index contributed by atoms with van der Waals surface area (Å²) in [4.78, 5) is 0. The van der Waals surface area contributed by atoms with Crippen LogP contribution in [0.5, 0.6) is 0 Å². The number of hydrogen-bond donors (Lipinski definition) is 1. The molecule has 0 saturated carbocycles. The Balaban J connectivity index is -0.0000000150. The molecule has 0 fully saturated rings. The fourth-order valence-corrected chi connectivity index (χ4v) is 0. The van der Waals surface area contributed by atoms with Crippen LogP contribution in [0.4, 0.5) is 0 Å². The Morgan fingerprint density at radius 3 is 1.14 bits per heavy atom. The van der Waals surface area contributed by atoms with Gasteiger partial charge in [0, 0.05) is 6.10 Å². The van der Waals surface area contributed by atoms with Crippen molar-refractivity contribution < 1.29 is 47.0 Å². The number of hydrogen-bond acceptors (Lipinski definition) is 1. The van der Waals surface area contributed by atoms with Crippen LogP contribution in [0.1, 0.15) is 13.8 Å². The quantitative estimate of drug-likeness (QED) is 0.375. The number of rotatable bonds is 0. The monoisotopic (exact) mass is 186 g/mol. The van der Waals surface area contributed by atoms with Crippen molar-refractivity contribution in [3.63, 3.8) is 0 Å². The topological polar surface area (TPSA) is 20.2 Å². The van der Waals surface area contributed by atoms with Gasteiger partial charge in [0.05, 0.1) is 0 Å². The predicted octanol–water partition coefficient (Wildman–Crippen LogP) is -5.61. The molecule has 0 bridgehead atoms. The molecule has 0 amide bonds. The van der Waals surface area contributed by atoms with Gasteiger partial charge in [-0.05, 0) is 13.8 Å². The minimum atomic E-state index is -0.167. The SMILES string of the molecule is CC(C)O.[Cl-].[Cl-].[Fe+2]. The summed E-state index contributed by atoms with van der Waals surface area (Å²) < 4.78 is 0. The Kier molecular flexibility index (Phi) is 54.8. The molecule has 0 unspecified atom stereocenters. The molecule has 4 heteroatoms. The van der Waals surface area contributed by atoms with Gasteiger partial charge in [-0.3, -0.25) is 0 Å². The van der Waals surface area contributed by atoms with Crippen LogP contribution < -0.4 is 24.8 Å². The van der Waals surface area contributed by atoms with Crippen LogP contribution >= 0.6 is 0 Å². The molecule has 0 aliphatic carbocycles. The van der Waals surface area contributed by atoms with Gasteiger partial charge < -0.3 is 29.9 Å². The molecule has 0 aliphatic rings. The molecule has 0 spiro atoms. The molecule has 0 radical (unpaired) electrons. The van der Waals surface area contributed by atoms with E-state index in [2.05, 4.69) is 0 Å². The first-order chi connectivity index (χ1) is 1.73.